The van der Waals surface area contributed by atoms with Gasteiger partial charge in [0.2, 0.25) is 6.10 Å². The molecule has 5 heteroatoms. The topological polar surface area (TPSA) is 47.6 Å². The quantitative estimate of drug-likeness (QED) is 0.639. The Hall–Kier alpha value is -1.23. The van der Waals surface area contributed by atoms with E-state index in [4.69, 9.17) is 9.47 Å². The SMILES string of the molecule is CC(CBr)CCCNC(=O)C1COc2ccccc2O1. The number of hydrogen-bond donors (Lipinski definition) is 1. The second kappa shape index (κ2) is 7.53. The third kappa shape index (κ3) is 4.13. The third-order valence-corrected chi connectivity index (χ3v) is 4.34. The number of carbonyl (C=O) groups is 1. The van der Waals surface area contributed by atoms with E-state index in [2.05, 4.69) is 28.2 Å². The van der Waals surface area contributed by atoms with Crippen molar-refractivity contribution in [2.75, 3.05) is 18.5 Å². The molecule has 2 unspecified atom stereocenters. The zero-order valence-electron chi connectivity index (χ0n) is 11.6. The van der Waals surface area contributed by atoms with Gasteiger partial charge < -0.3 is 14.8 Å². The molecule has 2 rings (SSSR count). The van der Waals surface area contributed by atoms with Crippen molar-refractivity contribution in [1.82, 2.24) is 5.32 Å². The van der Waals surface area contributed by atoms with Crippen LogP contribution in [-0.2, 0) is 4.79 Å². The number of ether oxygens (including phenoxy) is 2. The minimum atomic E-state index is -0.557. The van der Waals surface area contributed by atoms with Crippen molar-refractivity contribution >= 4 is 21.8 Å². The standard InChI is InChI=1S/C15H20BrNO3/c1-11(9-16)5-4-8-17-15(18)14-10-19-12-6-2-3-7-13(12)20-14/h2-3,6-7,11,14H,4-5,8-10H2,1H3,(H,17,18). The van der Waals surface area contributed by atoms with Gasteiger partial charge in [0.05, 0.1) is 0 Å². The zero-order valence-corrected chi connectivity index (χ0v) is 13.2. The van der Waals surface area contributed by atoms with Gasteiger partial charge in [-0.25, -0.2) is 0 Å². The van der Waals surface area contributed by atoms with Crippen molar-refractivity contribution in [2.45, 2.75) is 25.9 Å². The summed E-state index contributed by atoms with van der Waals surface area (Å²) in [6, 6.07) is 7.40. The van der Waals surface area contributed by atoms with Crippen LogP contribution in [0.25, 0.3) is 0 Å². The van der Waals surface area contributed by atoms with Gasteiger partial charge in [-0.15, -0.1) is 0 Å². The lowest BCUT2D eigenvalue weighted by molar-refractivity contribution is -0.130. The van der Waals surface area contributed by atoms with Crippen LogP contribution in [0.5, 0.6) is 11.5 Å². The lowest BCUT2D eigenvalue weighted by Crippen LogP contribution is -2.44. The van der Waals surface area contributed by atoms with E-state index in [1.807, 2.05) is 24.3 Å². The van der Waals surface area contributed by atoms with E-state index < -0.39 is 6.10 Å². The highest BCUT2D eigenvalue weighted by molar-refractivity contribution is 9.09. The van der Waals surface area contributed by atoms with Crippen LogP contribution in [-0.4, -0.2) is 30.5 Å². The Morgan fingerprint density at radius 1 is 1.45 bits per heavy atom. The molecule has 0 spiro atoms. The second-order valence-corrected chi connectivity index (χ2v) is 5.70. The van der Waals surface area contributed by atoms with Crippen LogP contribution < -0.4 is 14.8 Å². The average Bonchev–Trinajstić information content (AvgIpc) is 2.50. The fraction of sp³-hybridized carbons (Fsp3) is 0.533. The number of rotatable bonds is 6. The second-order valence-electron chi connectivity index (χ2n) is 5.06. The van der Waals surface area contributed by atoms with Gasteiger partial charge in [0.1, 0.15) is 6.61 Å². The smallest absolute Gasteiger partial charge is 0.264 e. The predicted octanol–water partition coefficient (Wildman–Crippen LogP) is 2.75. The van der Waals surface area contributed by atoms with E-state index in [9.17, 15) is 4.79 Å². The molecule has 1 heterocycles. The molecule has 0 radical (unpaired) electrons. The predicted molar refractivity (Wildman–Crippen MR) is 81.6 cm³/mol. The Morgan fingerprint density at radius 3 is 2.95 bits per heavy atom. The molecular weight excluding hydrogens is 322 g/mol. The third-order valence-electron chi connectivity index (χ3n) is 3.24. The number of benzene rings is 1. The van der Waals surface area contributed by atoms with Crippen LogP contribution in [0.4, 0.5) is 0 Å². The minimum Gasteiger partial charge on any atom is -0.485 e. The molecule has 0 aromatic heterocycles. The van der Waals surface area contributed by atoms with E-state index in [0.29, 0.717) is 24.0 Å². The number of halogens is 1. The summed E-state index contributed by atoms with van der Waals surface area (Å²) < 4.78 is 11.2. The first-order valence-electron chi connectivity index (χ1n) is 6.93. The van der Waals surface area contributed by atoms with Crippen molar-refractivity contribution in [2.24, 2.45) is 5.92 Å². The summed E-state index contributed by atoms with van der Waals surface area (Å²) in [5.41, 5.74) is 0. The van der Waals surface area contributed by atoms with Gasteiger partial charge in [-0.2, -0.15) is 0 Å². The molecule has 0 aliphatic carbocycles. The molecular formula is C15H20BrNO3. The largest absolute Gasteiger partial charge is 0.485 e. The van der Waals surface area contributed by atoms with Gasteiger partial charge in [-0.05, 0) is 30.9 Å². The first kappa shape index (κ1) is 15.2. The first-order chi connectivity index (χ1) is 9.70. The Balaban J connectivity index is 1.74. The molecule has 20 heavy (non-hydrogen) atoms. The van der Waals surface area contributed by atoms with Crippen LogP contribution >= 0.6 is 15.9 Å². The molecule has 1 N–H and O–H groups in total. The van der Waals surface area contributed by atoms with Crippen LogP contribution in [0.2, 0.25) is 0 Å². The van der Waals surface area contributed by atoms with Crippen molar-refractivity contribution < 1.29 is 14.3 Å². The minimum absolute atomic E-state index is 0.106. The Kier molecular flexibility index (Phi) is 5.71. The van der Waals surface area contributed by atoms with Crippen molar-refractivity contribution in [3.63, 3.8) is 0 Å². The molecule has 0 saturated carbocycles. The summed E-state index contributed by atoms with van der Waals surface area (Å²) in [7, 11) is 0. The number of amides is 1. The van der Waals surface area contributed by atoms with E-state index in [-0.39, 0.29) is 12.5 Å². The van der Waals surface area contributed by atoms with Crippen molar-refractivity contribution in [3.8, 4) is 11.5 Å². The molecule has 0 saturated heterocycles. The van der Waals surface area contributed by atoms with Crippen LogP contribution in [0.3, 0.4) is 0 Å². The summed E-state index contributed by atoms with van der Waals surface area (Å²) in [4.78, 5) is 12.0. The van der Waals surface area contributed by atoms with Gasteiger partial charge in [0, 0.05) is 11.9 Å². The summed E-state index contributed by atoms with van der Waals surface area (Å²) in [5, 5.41) is 3.90. The van der Waals surface area contributed by atoms with Gasteiger partial charge in [-0.3, -0.25) is 4.79 Å². The van der Waals surface area contributed by atoms with Crippen molar-refractivity contribution in [3.05, 3.63) is 24.3 Å². The monoisotopic (exact) mass is 341 g/mol. The number of nitrogens with one attached hydrogen (secondary N) is 1. The van der Waals surface area contributed by atoms with E-state index in [0.717, 1.165) is 18.2 Å². The number of hydrogen-bond acceptors (Lipinski definition) is 3. The molecule has 1 aliphatic rings. The maximum Gasteiger partial charge on any atom is 0.264 e. The molecule has 0 fully saturated rings. The molecule has 1 aliphatic heterocycles. The van der Waals surface area contributed by atoms with Crippen LogP contribution in [0.15, 0.2) is 24.3 Å². The van der Waals surface area contributed by atoms with E-state index >= 15 is 0 Å². The molecule has 1 aromatic rings. The fourth-order valence-electron chi connectivity index (χ4n) is 2.00. The lowest BCUT2D eigenvalue weighted by Gasteiger charge is -2.25. The highest BCUT2D eigenvalue weighted by Gasteiger charge is 2.26. The average molecular weight is 342 g/mol. The molecule has 1 amide bonds. The fourth-order valence-corrected chi connectivity index (χ4v) is 2.33. The summed E-state index contributed by atoms with van der Waals surface area (Å²) in [6.07, 6.45) is 1.51. The maximum atomic E-state index is 12.0. The zero-order chi connectivity index (χ0) is 14.4. The number of alkyl halides is 1. The van der Waals surface area contributed by atoms with Crippen LogP contribution in [0.1, 0.15) is 19.8 Å². The molecule has 1 aromatic carbocycles. The van der Waals surface area contributed by atoms with E-state index in [1.165, 1.54) is 0 Å². The first-order valence-corrected chi connectivity index (χ1v) is 8.05. The summed E-state index contributed by atoms with van der Waals surface area (Å²) in [6.45, 7) is 3.13. The maximum absolute atomic E-state index is 12.0. The molecule has 0 bridgehead atoms. The van der Waals surface area contributed by atoms with Gasteiger partial charge in [0.25, 0.3) is 5.91 Å². The van der Waals surface area contributed by atoms with E-state index in [1.54, 1.807) is 0 Å². The Morgan fingerprint density at radius 2 is 2.20 bits per heavy atom. The normalized spacial score (nSPS) is 18.4. The Labute approximate surface area is 128 Å². The van der Waals surface area contributed by atoms with Crippen LogP contribution in [0, 0.1) is 5.92 Å². The van der Waals surface area contributed by atoms with Gasteiger partial charge in [0.15, 0.2) is 11.5 Å². The summed E-state index contributed by atoms with van der Waals surface area (Å²) >= 11 is 3.45. The highest BCUT2D eigenvalue weighted by Crippen LogP contribution is 2.30. The number of carbonyl (C=O) groups excluding carboxylic acids is 1. The van der Waals surface area contributed by atoms with Gasteiger partial charge >= 0.3 is 0 Å². The number of fused-ring (bicyclic) bond motifs is 1. The number of para-hydroxylation sites is 2. The molecule has 110 valence electrons. The molecule has 2 atom stereocenters. The Bertz CT molecular complexity index is 452. The lowest BCUT2D eigenvalue weighted by atomic mass is 10.1. The van der Waals surface area contributed by atoms with Gasteiger partial charge in [-0.1, -0.05) is 35.0 Å². The summed E-state index contributed by atoms with van der Waals surface area (Å²) in [5.74, 6) is 1.86. The van der Waals surface area contributed by atoms with Crippen molar-refractivity contribution in [1.29, 1.82) is 0 Å². The molecule has 4 nitrogen and oxygen atoms in total. The highest BCUT2D eigenvalue weighted by atomic mass is 79.9.